The molecule has 2 aliphatic rings. The Bertz CT molecular complexity index is 333. The van der Waals surface area contributed by atoms with Gasteiger partial charge in [-0.25, -0.2) is 0 Å². The van der Waals surface area contributed by atoms with Gasteiger partial charge in [0.2, 0.25) is 0 Å². The van der Waals surface area contributed by atoms with E-state index in [1.54, 1.807) is 0 Å². The second kappa shape index (κ2) is 8.85. The van der Waals surface area contributed by atoms with Crippen molar-refractivity contribution in [3.05, 3.63) is 0 Å². The van der Waals surface area contributed by atoms with Crippen LogP contribution in [0.3, 0.4) is 0 Å². The molecule has 3 atom stereocenters. The number of nitrogens with zero attached hydrogens (tertiary/aromatic N) is 2. The molecule has 2 heteroatoms. The zero-order valence-electron chi connectivity index (χ0n) is 16.7. The SMILES string of the molecule is CCC(C)C1CCC(CN2C[C@@H](C)N(CC(C)C)C[C@@H]2C)CC1. The summed E-state index contributed by atoms with van der Waals surface area (Å²) in [6, 6.07) is 1.46. The summed E-state index contributed by atoms with van der Waals surface area (Å²) >= 11 is 0. The van der Waals surface area contributed by atoms with Gasteiger partial charge in [0.25, 0.3) is 0 Å². The molecule has 1 heterocycles. The lowest BCUT2D eigenvalue weighted by Crippen LogP contribution is -2.57. The summed E-state index contributed by atoms with van der Waals surface area (Å²) in [6.45, 7) is 19.6. The van der Waals surface area contributed by atoms with Crippen LogP contribution >= 0.6 is 0 Å². The van der Waals surface area contributed by atoms with E-state index in [-0.39, 0.29) is 0 Å². The quantitative estimate of drug-likeness (QED) is 0.687. The molecule has 0 radical (unpaired) electrons. The molecule has 1 aliphatic carbocycles. The summed E-state index contributed by atoms with van der Waals surface area (Å²) in [7, 11) is 0. The van der Waals surface area contributed by atoms with Crippen molar-refractivity contribution in [1.29, 1.82) is 0 Å². The maximum Gasteiger partial charge on any atom is 0.0195 e. The highest BCUT2D eigenvalue weighted by molar-refractivity contribution is 4.87. The van der Waals surface area contributed by atoms with Crippen molar-refractivity contribution in [1.82, 2.24) is 9.80 Å². The molecule has 1 unspecified atom stereocenters. The smallest absolute Gasteiger partial charge is 0.0195 e. The Balaban J connectivity index is 1.78. The maximum atomic E-state index is 2.80. The van der Waals surface area contributed by atoms with Crippen LogP contribution in [-0.4, -0.2) is 48.1 Å². The van der Waals surface area contributed by atoms with Crippen LogP contribution in [0.4, 0.5) is 0 Å². The first-order valence-electron chi connectivity index (χ1n) is 10.4. The van der Waals surface area contributed by atoms with Crippen molar-refractivity contribution in [2.45, 2.75) is 85.7 Å². The molecule has 0 bridgehead atoms. The molecule has 23 heavy (non-hydrogen) atoms. The molecular formula is C21H42N2. The minimum atomic E-state index is 0.727. The standard InChI is InChI=1S/C21H42N2/c1-7-17(4)21-10-8-20(9-11-21)15-23-14-18(5)22(12-16(2)3)13-19(23)6/h16-21H,7-15H2,1-6H3/t17?,18-,19+,20?,21?/m1/s1. The van der Waals surface area contributed by atoms with E-state index in [2.05, 4.69) is 51.3 Å². The first-order valence-corrected chi connectivity index (χ1v) is 10.4. The zero-order valence-corrected chi connectivity index (χ0v) is 16.7. The summed E-state index contributed by atoms with van der Waals surface area (Å²) in [6.07, 6.45) is 7.28. The number of rotatable bonds is 6. The second-order valence-corrected chi connectivity index (χ2v) is 9.17. The fourth-order valence-electron chi connectivity index (χ4n) is 4.85. The molecule has 0 N–H and O–H groups in total. The van der Waals surface area contributed by atoms with E-state index in [1.807, 2.05) is 0 Å². The minimum absolute atomic E-state index is 0.727. The highest BCUT2D eigenvalue weighted by atomic mass is 15.3. The number of hydrogen-bond acceptors (Lipinski definition) is 2. The first kappa shape index (κ1) is 19.2. The second-order valence-electron chi connectivity index (χ2n) is 9.17. The predicted octanol–water partition coefficient (Wildman–Crippen LogP) is 4.89. The van der Waals surface area contributed by atoms with Crippen LogP contribution in [0.2, 0.25) is 0 Å². The molecule has 2 nitrogen and oxygen atoms in total. The van der Waals surface area contributed by atoms with E-state index in [0.717, 1.165) is 35.8 Å². The van der Waals surface area contributed by atoms with Gasteiger partial charge in [0.05, 0.1) is 0 Å². The van der Waals surface area contributed by atoms with Crippen molar-refractivity contribution < 1.29 is 0 Å². The molecule has 0 aromatic rings. The highest BCUT2D eigenvalue weighted by Gasteiger charge is 2.32. The van der Waals surface area contributed by atoms with Crippen molar-refractivity contribution in [2.24, 2.45) is 23.7 Å². The molecular weight excluding hydrogens is 280 g/mol. The van der Waals surface area contributed by atoms with Gasteiger partial charge in [0.1, 0.15) is 0 Å². The van der Waals surface area contributed by atoms with Gasteiger partial charge < -0.3 is 0 Å². The van der Waals surface area contributed by atoms with Crippen LogP contribution in [0.1, 0.15) is 73.6 Å². The predicted molar refractivity (Wildman–Crippen MR) is 102 cm³/mol. The third kappa shape index (κ3) is 5.46. The van der Waals surface area contributed by atoms with Gasteiger partial charge in [-0.3, -0.25) is 9.80 Å². The Hall–Kier alpha value is -0.0800. The van der Waals surface area contributed by atoms with E-state index in [9.17, 15) is 0 Å². The van der Waals surface area contributed by atoms with E-state index in [1.165, 1.54) is 58.3 Å². The normalized spacial score (nSPS) is 35.6. The third-order valence-corrected chi connectivity index (χ3v) is 6.68. The molecule has 0 aromatic carbocycles. The first-order chi connectivity index (χ1) is 10.9. The maximum absolute atomic E-state index is 2.80. The van der Waals surface area contributed by atoms with Crippen LogP contribution in [0, 0.1) is 23.7 Å². The van der Waals surface area contributed by atoms with Crippen LogP contribution in [0.15, 0.2) is 0 Å². The molecule has 1 saturated carbocycles. The molecule has 1 saturated heterocycles. The molecule has 2 fully saturated rings. The topological polar surface area (TPSA) is 6.48 Å². The van der Waals surface area contributed by atoms with Crippen LogP contribution in [0.25, 0.3) is 0 Å². The van der Waals surface area contributed by atoms with Crippen LogP contribution < -0.4 is 0 Å². The summed E-state index contributed by atoms with van der Waals surface area (Å²) in [4.78, 5) is 5.52. The highest BCUT2D eigenvalue weighted by Crippen LogP contribution is 2.35. The van der Waals surface area contributed by atoms with Crippen molar-refractivity contribution in [3.63, 3.8) is 0 Å². The summed E-state index contributed by atoms with van der Waals surface area (Å²) in [5.74, 6) is 3.69. The van der Waals surface area contributed by atoms with E-state index in [4.69, 9.17) is 0 Å². The van der Waals surface area contributed by atoms with E-state index >= 15 is 0 Å². The fourth-order valence-corrected chi connectivity index (χ4v) is 4.85. The Morgan fingerprint density at radius 1 is 0.870 bits per heavy atom. The fraction of sp³-hybridized carbons (Fsp3) is 1.00. The molecule has 136 valence electrons. The van der Waals surface area contributed by atoms with Gasteiger partial charge >= 0.3 is 0 Å². The van der Waals surface area contributed by atoms with Gasteiger partial charge in [-0.15, -0.1) is 0 Å². The van der Waals surface area contributed by atoms with E-state index in [0.29, 0.717) is 0 Å². The lowest BCUT2D eigenvalue weighted by atomic mass is 9.75. The molecule has 0 amide bonds. The summed E-state index contributed by atoms with van der Waals surface area (Å²) in [5.41, 5.74) is 0. The largest absolute Gasteiger partial charge is 0.298 e. The Morgan fingerprint density at radius 2 is 1.43 bits per heavy atom. The Labute approximate surface area is 146 Å². The van der Waals surface area contributed by atoms with Crippen molar-refractivity contribution in [3.8, 4) is 0 Å². The van der Waals surface area contributed by atoms with E-state index < -0.39 is 0 Å². The molecule has 1 aliphatic heterocycles. The number of piperazine rings is 1. The van der Waals surface area contributed by atoms with Gasteiger partial charge in [0.15, 0.2) is 0 Å². The third-order valence-electron chi connectivity index (χ3n) is 6.68. The molecule has 0 aromatic heterocycles. The monoisotopic (exact) mass is 322 g/mol. The lowest BCUT2D eigenvalue weighted by molar-refractivity contribution is 0.0204. The lowest BCUT2D eigenvalue weighted by Gasteiger charge is -2.46. The van der Waals surface area contributed by atoms with Gasteiger partial charge in [0, 0.05) is 38.3 Å². The van der Waals surface area contributed by atoms with Crippen molar-refractivity contribution in [2.75, 3.05) is 26.2 Å². The average molecular weight is 323 g/mol. The van der Waals surface area contributed by atoms with Gasteiger partial charge in [-0.2, -0.15) is 0 Å². The Morgan fingerprint density at radius 3 is 2.00 bits per heavy atom. The summed E-state index contributed by atoms with van der Waals surface area (Å²) < 4.78 is 0. The Kier molecular flexibility index (Phi) is 7.41. The van der Waals surface area contributed by atoms with Gasteiger partial charge in [-0.1, -0.05) is 34.1 Å². The average Bonchev–Trinajstić information content (AvgIpc) is 2.51. The molecule has 2 rings (SSSR count). The van der Waals surface area contributed by atoms with Crippen molar-refractivity contribution >= 4 is 0 Å². The molecule has 0 spiro atoms. The summed E-state index contributed by atoms with van der Waals surface area (Å²) in [5, 5.41) is 0. The number of hydrogen-bond donors (Lipinski definition) is 0. The minimum Gasteiger partial charge on any atom is -0.298 e. The zero-order chi connectivity index (χ0) is 17.0. The van der Waals surface area contributed by atoms with Crippen LogP contribution in [0.5, 0.6) is 0 Å². The van der Waals surface area contributed by atoms with Crippen LogP contribution in [-0.2, 0) is 0 Å². The van der Waals surface area contributed by atoms with Gasteiger partial charge in [-0.05, 0) is 63.2 Å².